The van der Waals surface area contributed by atoms with Crippen LogP contribution >= 0.6 is 0 Å². The molecule has 0 unspecified atom stereocenters. The Labute approximate surface area is 112 Å². The van der Waals surface area contributed by atoms with Gasteiger partial charge in [-0.3, -0.25) is 0 Å². The van der Waals surface area contributed by atoms with Crippen molar-refractivity contribution in [3.63, 3.8) is 0 Å². The first kappa shape index (κ1) is 14.6. The predicted octanol–water partition coefficient (Wildman–Crippen LogP) is 3.93. The third-order valence-corrected chi connectivity index (χ3v) is 2.28. The van der Waals surface area contributed by atoms with E-state index in [0.717, 1.165) is 12.8 Å². The van der Waals surface area contributed by atoms with Gasteiger partial charge in [0.15, 0.2) is 0 Å². The van der Waals surface area contributed by atoms with Gasteiger partial charge in [0.05, 0.1) is 0 Å². The van der Waals surface area contributed by atoms with Gasteiger partial charge in [-0.15, -0.1) is 0 Å². The molecule has 0 aliphatic heterocycles. The predicted molar refractivity (Wildman–Crippen MR) is 62.8 cm³/mol. The van der Waals surface area contributed by atoms with Gasteiger partial charge in [-0.05, 0) is 0 Å². The van der Waals surface area contributed by atoms with Gasteiger partial charge in [-0.1, -0.05) is 26.7 Å². The maximum atomic E-state index is 2.16. The van der Waals surface area contributed by atoms with Gasteiger partial charge < -0.3 is 0 Å². The molecule has 2 rings (SSSR count). The molecule has 0 atom stereocenters. The second-order valence-corrected chi connectivity index (χ2v) is 3.29. The molecule has 0 saturated carbocycles. The van der Waals surface area contributed by atoms with E-state index in [0.29, 0.717) is 0 Å². The Hall–Kier alpha value is -0.417. The molecule has 0 aromatic heterocycles. The fourth-order valence-corrected chi connectivity index (χ4v) is 1.30. The van der Waals surface area contributed by atoms with Crippen molar-refractivity contribution in [3.8, 4) is 0 Å². The van der Waals surface area contributed by atoms with Crippen molar-refractivity contribution in [3.05, 3.63) is 59.7 Å². The standard InChI is InChI=1S/2C7H9.Zr/c2*1-2-7-5-3-4-6-7;/h2*3-6H,2H2,1H3;/q2*-1;+2. The maximum absolute atomic E-state index is 2.16. The third kappa shape index (κ3) is 5.89. The fraction of sp³-hybridized carbons (Fsp3) is 0.286. The summed E-state index contributed by atoms with van der Waals surface area (Å²) >= 11 is 0. The molecular weight excluding hydrogens is 259 g/mol. The molecule has 15 heavy (non-hydrogen) atoms. The smallest absolute Gasteiger partial charge is 0.213 e. The Kier molecular flexibility index (Phi) is 8.61. The second-order valence-electron chi connectivity index (χ2n) is 3.29. The van der Waals surface area contributed by atoms with E-state index in [4.69, 9.17) is 0 Å². The summed E-state index contributed by atoms with van der Waals surface area (Å²) < 4.78 is 0. The average molecular weight is 278 g/mol. The van der Waals surface area contributed by atoms with Gasteiger partial charge in [-0.25, -0.2) is 24.3 Å². The minimum Gasteiger partial charge on any atom is -0.213 e. The molecule has 78 valence electrons. The van der Waals surface area contributed by atoms with Crippen molar-refractivity contribution in [1.82, 2.24) is 0 Å². The summed E-state index contributed by atoms with van der Waals surface area (Å²) in [5, 5.41) is 0. The molecule has 0 radical (unpaired) electrons. The summed E-state index contributed by atoms with van der Waals surface area (Å²) in [7, 11) is 0. The normalized spacial score (nSPS) is 8.67. The average Bonchev–Trinajstić information content (AvgIpc) is 2.92. The van der Waals surface area contributed by atoms with E-state index >= 15 is 0 Å². The van der Waals surface area contributed by atoms with Crippen molar-refractivity contribution < 1.29 is 26.2 Å². The molecular formula is C14H18Zr. The largest absolute Gasteiger partial charge is 2.00 e. The van der Waals surface area contributed by atoms with Crippen LogP contribution in [-0.4, -0.2) is 0 Å². The van der Waals surface area contributed by atoms with Crippen LogP contribution in [-0.2, 0) is 39.0 Å². The topological polar surface area (TPSA) is 0 Å². The van der Waals surface area contributed by atoms with Crippen LogP contribution in [0.5, 0.6) is 0 Å². The first-order valence-corrected chi connectivity index (χ1v) is 5.28. The van der Waals surface area contributed by atoms with Crippen LogP contribution in [0.4, 0.5) is 0 Å². The van der Waals surface area contributed by atoms with Crippen LogP contribution in [0.2, 0.25) is 0 Å². The summed E-state index contributed by atoms with van der Waals surface area (Å²) in [5.41, 5.74) is 2.86. The summed E-state index contributed by atoms with van der Waals surface area (Å²) in [6.07, 6.45) is 2.32. The molecule has 0 fully saturated rings. The monoisotopic (exact) mass is 276 g/mol. The molecule has 2 aromatic rings. The van der Waals surface area contributed by atoms with Crippen LogP contribution in [0.3, 0.4) is 0 Å². The van der Waals surface area contributed by atoms with Crippen LogP contribution in [0, 0.1) is 0 Å². The Balaban J connectivity index is 0.000000245. The van der Waals surface area contributed by atoms with E-state index in [1.54, 1.807) is 0 Å². The van der Waals surface area contributed by atoms with Gasteiger partial charge in [0.1, 0.15) is 0 Å². The van der Waals surface area contributed by atoms with Crippen molar-refractivity contribution >= 4 is 0 Å². The van der Waals surface area contributed by atoms with E-state index in [1.807, 2.05) is 0 Å². The minimum absolute atomic E-state index is 0. The molecule has 0 heterocycles. The molecule has 0 bridgehead atoms. The third-order valence-electron chi connectivity index (χ3n) is 2.28. The zero-order valence-electron chi connectivity index (χ0n) is 9.53. The Morgan fingerprint density at radius 2 is 1.27 bits per heavy atom. The van der Waals surface area contributed by atoms with Gasteiger partial charge >= 0.3 is 26.2 Å². The minimum atomic E-state index is 0. The number of hydrogen-bond acceptors (Lipinski definition) is 0. The van der Waals surface area contributed by atoms with Crippen LogP contribution in [0.25, 0.3) is 0 Å². The van der Waals surface area contributed by atoms with E-state index < -0.39 is 0 Å². The molecule has 2 aromatic carbocycles. The van der Waals surface area contributed by atoms with E-state index in [2.05, 4.69) is 62.4 Å². The van der Waals surface area contributed by atoms with E-state index in [-0.39, 0.29) is 26.2 Å². The SMILES string of the molecule is CCc1ccc[cH-]1.CCc1ccc[cH-]1.[Zr+2]. The van der Waals surface area contributed by atoms with Crippen molar-refractivity contribution in [1.29, 1.82) is 0 Å². The molecule has 0 aliphatic carbocycles. The Morgan fingerprint density at radius 1 is 0.867 bits per heavy atom. The van der Waals surface area contributed by atoms with Gasteiger partial charge in [-0.2, -0.15) is 35.4 Å². The van der Waals surface area contributed by atoms with Crippen molar-refractivity contribution in [2.45, 2.75) is 26.7 Å². The molecule has 0 spiro atoms. The molecule has 0 aliphatic rings. The van der Waals surface area contributed by atoms with Gasteiger partial charge in [0, 0.05) is 0 Å². The Bertz CT molecular complexity index is 269. The summed E-state index contributed by atoms with van der Waals surface area (Å²) in [4.78, 5) is 0. The number of hydrogen-bond donors (Lipinski definition) is 0. The first-order chi connectivity index (χ1) is 6.86. The van der Waals surface area contributed by atoms with Crippen LogP contribution < -0.4 is 0 Å². The van der Waals surface area contributed by atoms with E-state index in [1.165, 1.54) is 11.1 Å². The quantitative estimate of drug-likeness (QED) is 0.730. The van der Waals surface area contributed by atoms with E-state index in [9.17, 15) is 0 Å². The summed E-state index contributed by atoms with van der Waals surface area (Å²) in [6, 6.07) is 16.8. The number of aryl methyl sites for hydroxylation is 2. The first-order valence-electron chi connectivity index (χ1n) is 5.28. The number of rotatable bonds is 2. The van der Waals surface area contributed by atoms with Crippen molar-refractivity contribution in [2.24, 2.45) is 0 Å². The molecule has 0 N–H and O–H groups in total. The van der Waals surface area contributed by atoms with Crippen LogP contribution in [0.15, 0.2) is 48.5 Å². The molecule has 1 heteroatoms. The maximum Gasteiger partial charge on any atom is 2.00 e. The van der Waals surface area contributed by atoms with Gasteiger partial charge in [0.2, 0.25) is 0 Å². The molecule has 0 saturated heterocycles. The fourth-order valence-electron chi connectivity index (χ4n) is 1.30. The van der Waals surface area contributed by atoms with Crippen LogP contribution in [0.1, 0.15) is 25.0 Å². The van der Waals surface area contributed by atoms with Crippen molar-refractivity contribution in [2.75, 3.05) is 0 Å². The molecule has 0 amide bonds. The summed E-state index contributed by atoms with van der Waals surface area (Å²) in [5.74, 6) is 0. The zero-order chi connectivity index (χ0) is 10.2. The summed E-state index contributed by atoms with van der Waals surface area (Å²) in [6.45, 7) is 4.32. The zero-order valence-corrected chi connectivity index (χ0v) is 12.0. The Morgan fingerprint density at radius 3 is 1.40 bits per heavy atom. The second kappa shape index (κ2) is 8.86. The molecule has 0 nitrogen and oxygen atoms in total. The van der Waals surface area contributed by atoms with Gasteiger partial charge in [0.25, 0.3) is 0 Å².